The summed E-state index contributed by atoms with van der Waals surface area (Å²) in [4.78, 5) is 32.4. The summed E-state index contributed by atoms with van der Waals surface area (Å²) in [5.74, 6) is 1.17. The predicted octanol–water partition coefficient (Wildman–Crippen LogP) is 6.82. The fourth-order valence-electron chi connectivity index (χ4n) is 5.36. The predicted molar refractivity (Wildman–Crippen MR) is 184 cm³/mol. The molecule has 244 valence electrons. The quantitative estimate of drug-likeness (QED) is 0.264. The highest BCUT2D eigenvalue weighted by Crippen LogP contribution is 2.25. The van der Waals surface area contributed by atoms with Crippen LogP contribution in [0.25, 0.3) is 0 Å². The second-order valence-electron chi connectivity index (χ2n) is 12.8. The molecule has 44 heavy (non-hydrogen) atoms. The molecule has 1 aromatic carbocycles. The number of allylic oxidation sites excluding steroid dienone is 1. The second-order valence-corrected chi connectivity index (χ2v) is 12.8. The molecule has 2 aliphatic heterocycles. The van der Waals surface area contributed by atoms with Crippen molar-refractivity contribution in [1.82, 2.24) is 24.5 Å². The van der Waals surface area contributed by atoms with Crippen LogP contribution in [0, 0.1) is 12.3 Å². The van der Waals surface area contributed by atoms with Gasteiger partial charge in [0, 0.05) is 56.5 Å². The third kappa shape index (κ3) is 11.3. The van der Waals surface area contributed by atoms with Crippen molar-refractivity contribution in [3.63, 3.8) is 0 Å². The molecule has 2 amide bonds. The van der Waals surface area contributed by atoms with Crippen LogP contribution >= 0.6 is 0 Å². The van der Waals surface area contributed by atoms with Crippen molar-refractivity contribution in [3.8, 4) is 0 Å². The topological polar surface area (TPSA) is 73.7 Å². The van der Waals surface area contributed by atoms with Crippen molar-refractivity contribution in [3.05, 3.63) is 71.6 Å². The molecule has 1 aromatic heterocycles. The van der Waals surface area contributed by atoms with Gasteiger partial charge >= 0.3 is 0 Å². The van der Waals surface area contributed by atoms with Crippen molar-refractivity contribution in [1.29, 1.82) is 0 Å². The number of hydrogen-bond donors (Lipinski definition) is 1. The van der Waals surface area contributed by atoms with E-state index in [1.807, 2.05) is 49.8 Å². The number of nitrogens with one attached hydrogen (secondary N) is 1. The van der Waals surface area contributed by atoms with Gasteiger partial charge in [-0.25, -0.2) is 0 Å². The first-order valence-corrected chi connectivity index (χ1v) is 16.3. The normalized spacial score (nSPS) is 15.1. The monoisotopic (exact) mass is 606 g/mol. The van der Waals surface area contributed by atoms with Gasteiger partial charge in [0.15, 0.2) is 0 Å². The summed E-state index contributed by atoms with van der Waals surface area (Å²) in [5.41, 5.74) is 5.15. The Hall–Kier alpha value is -3.39. The maximum Gasteiger partial charge on any atom is 0.254 e. The van der Waals surface area contributed by atoms with Crippen LogP contribution in [-0.4, -0.2) is 75.6 Å². The summed E-state index contributed by atoms with van der Waals surface area (Å²) in [6.45, 7) is 28.0. The second kappa shape index (κ2) is 17.8. The van der Waals surface area contributed by atoms with E-state index in [0.29, 0.717) is 30.5 Å². The van der Waals surface area contributed by atoms with Gasteiger partial charge in [-0.1, -0.05) is 53.3 Å². The average molecular weight is 607 g/mol. The zero-order valence-corrected chi connectivity index (χ0v) is 28.8. The van der Waals surface area contributed by atoms with E-state index in [2.05, 4.69) is 62.2 Å². The molecule has 8 nitrogen and oxygen atoms in total. The van der Waals surface area contributed by atoms with Crippen LogP contribution in [0.4, 0.5) is 5.82 Å². The fraction of sp³-hybridized carbons (Fsp3) is 0.583. The largest absolute Gasteiger partial charge is 0.343 e. The Morgan fingerprint density at radius 1 is 1.05 bits per heavy atom. The zero-order valence-electron chi connectivity index (χ0n) is 28.8. The Morgan fingerprint density at radius 3 is 2.32 bits per heavy atom. The summed E-state index contributed by atoms with van der Waals surface area (Å²) in [5, 5.41) is 7.59. The summed E-state index contributed by atoms with van der Waals surface area (Å²) in [7, 11) is 1.88. The van der Waals surface area contributed by atoms with Gasteiger partial charge in [0.1, 0.15) is 5.82 Å². The van der Waals surface area contributed by atoms with Gasteiger partial charge in [-0.15, -0.1) is 6.58 Å². The van der Waals surface area contributed by atoms with Crippen LogP contribution in [-0.2, 0) is 24.8 Å². The van der Waals surface area contributed by atoms with E-state index in [-0.39, 0.29) is 11.8 Å². The molecule has 2 aromatic rings. The van der Waals surface area contributed by atoms with Crippen molar-refractivity contribution < 1.29 is 9.59 Å². The van der Waals surface area contributed by atoms with Crippen LogP contribution in [0.15, 0.2) is 49.3 Å². The molecule has 4 rings (SSSR count). The lowest BCUT2D eigenvalue weighted by Gasteiger charge is -2.36. The first-order valence-electron chi connectivity index (χ1n) is 16.3. The van der Waals surface area contributed by atoms with Gasteiger partial charge in [0.25, 0.3) is 5.91 Å². The number of piperazine rings is 1. The number of hydrogen-bond acceptors (Lipinski definition) is 5. The van der Waals surface area contributed by atoms with Crippen LogP contribution in [0.1, 0.15) is 94.3 Å². The third-order valence-corrected chi connectivity index (χ3v) is 7.92. The molecule has 0 unspecified atom stereocenters. The van der Waals surface area contributed by atoms with Crippen molar-refractivity contribution >= 4 is 17.6 Å². The fourth-order valence-corrected chi connectivity index (χ4v) is 5.36. The lowest BCUT2D eigenvalue weighted by molar-refractivity contribution is -0.133. The standard InChI is InChI=1S/C31H46N6O2.C3H6.C2H6/c1-23-19-26(30(39)37-21-24(2)33-29-27(22-37)20-32-34(29)6)12-11-25(23)9-7-8-10-28(38)36-17-15-35(16-18-36)14-13-31(3,4)5;1-3-2;1-2/h11-12,19-20,33H,2,7-10,13-18,21-22H2,1,3-6H3;3H,1H2,2H3;1-2H3. The van der Waals surface area contributed by atoms with E-state index < -0.39 is 0 Å². The van der Waals surface area contributed by atoms with Gasteiger partial charge in [-0.3, -0.25) is 19.2 Å². The molecule has 0 radical (unpaired) electrons. The van der Waals surface area contributed by atoms with Crippen molar-refractivity contribution in [2.75, 3.05) is 44.6 Å². The zero-order chi connectivity index (χ0) is 32.9. The number of amides is 2. The molecule has 0 aliphatic carbocycles. The molecule has 3 heterocycles. The molecule has 0 bridgehead atoms. The van der Waals surface area contributed by atoms with Gasteiger partial charge in [0.2, 0.25) is 5.91 Å². The Morgan fingerprint density at radius 2 is 1.70 bits per heavy atom. The Balaban J connectivity index is 0.00000127. The SMILES string of the molecule is C=C1CN(C(=O)c2ccc(CCCCC(=O)N3CCN(CCC(C)(C)C)CC3)c(C)c2)Cc2cnn(C)c2N1.C=CC.CC. The van der Waals surface area contributed by atoms with Crippen molar-refractivity contribution in [2.24, 2.45) is 12.5 Å². The summed E-state index contributed by atoms with van der Waals surface area (Å²) in [6.07, 6.45) is 8.12. The third-order valence-electron chi connectivity index (χ3n) is 7.92. The van der Waals surface area contributed by atoms with E-state index >= 15 is 0 Å². The number of nitrogens with zero attached hydrogens (tertiary/aromatic N) is 5. The van der Waals surface area contributed by atoms with Crippen LogP contribution in [0.3, 0.4) is 0 Å². The van der Waals surface area contributed by atoms with Gasteiger partial charge in [-0.05, 0) is 74.8 Å². The van der Waals surface area contributed by atoms with E-state index in [1.54, 1.807) is 17.0 Å². The highest BCUT2D eigenvalue weighted by atomic mass is 16.2. The van der Waals surface area contributed by atoms with E-state index in [9.17, 15) is 9.59 Å². The lowest BCUT2D eigenvalue weighted by Crippen LogP contribution is -2.49. The number of anilines is 1. The minimum absolute atomic E-state index is 0.00611. The molecule has 1 N–H and O–H groups in total. The number of aromatic nitrogens is 2. The number of benzene rings is 1. The number of fused-ring (bicyclic) bond motifs is 1. The van der Waals surface area contributed by atoms with Crippen LogP contribution in [0.2, 0.25) is 0 Å². The molecule has 1 fully saturated rings. The van der Waals surface area contributed by atoms with Gasteiger partial charge < -0.3 is 15.1 Å². The maximum absolute atomic E-state index is 13.3. The Bertz CT molecular complexity index is 1230. The number of unbranched alkanes of at least 4 members (excludes halogenated alkanes) is 1. The first-order chi connectivity index (χ1) is 20.9. The van der Waals surface area contributed by atoms with E-state index in [4.69, 9.17) is 0 Å². The van der Waals surface area contributed by atoms with Gasteiger partial charge in [-0.2, -0.15) is 5.10 Å². The number of rotatable bonds is 8. The molecular weight excluding hydrogens is 548 g/mol. The number of carbonyl (C=O) groups is 2. The summed E-state index contributed by atoms with van der Waals surface area (Å²) >= 11 is 0. The molecular formula is C36H58N6O2. The van der Waals surface area contributed by atoms with E-state index in [0.717, 1.165) is 74.6 Å². The van der Waals surface area contributed by atoms with Crippen LogP contribution in [0.5, 0.6) is 0 Å². The van der Waals surface area contributed by atoms with E-state index in [1.165, 1.54) is 12.0 Å². The molecule has 0 atom stereocenters. The molecule has 8 heteroatoms. The lowest BCUT2D eigenvalue weighted by atomic mass is 9.92. The first kappa shape index (κ1) is 36.8. The average Bonchev–Trinajstić information content (AvgIpc) is 3.22. The molecule has 0 saturated carbocycles. The Kier molecular flexibility index (Phi) is 14.9. The van der Waals surface area contributed by atoms with Crippen molar-refractivity contribution in [2.45, 2.75) is 87.1 Å². The highest BCUT2D eigenvalue weighted by Gasteiger charge is 2.25. The number of aryl methyl sites for hydroxylation is 3. The number of carbonyl (C=O) groups excluding carboxylic acids is 2. The molecule has 1 saturated heterocycles. The summed E-state index contributed by atoms with van der Waals surface area (Å²) < 4.78 is 1.77. The van der Waals surface area contributed by atoms with Gasteiger partial charge in [0.05, 0.1) is 19.3 Å². The molecule has 0 spiro atoms. The Labute approximate surface area is 267 Å². The van der Waals surface area contributed by atoms with Crippen LogP contribution < -0.4 is 5.32 Å². The summed E-state index contributed by atoms with van der Waals surface area (Å²) in [6, 6.07) is 6.00. The maximum atomic E-state index is 13.3. The smallest absolute Gasteiger partial charge is 0.254 e. The highest BCUT2D eigenvalue weighted by molar-refractivity contribution is 5.95. The minimum atomic E-state index is -0.00611. The molecule has 2 aliphatic rings. The minimum Gasteiger partial charge on any atom is -0.343 e.